The Balaban J connectivity index is 2.34. The Kier molecular flexibility index (Phi) is 2.44. The van der Waals surface area contributed by atoms with Crippen molar-refractivity contribution >= 4 is 0 Å². The van der Waals surface area contributed by atoms with Gasteiger partial charge in [0.2, 0.25) is 0 Å². The Morgan fingerprint density at radius 2 is 2.14 bits per heavy atom. The number of ether oxygens (including phenoxy) is 2. The minimum absolute atomic E-state index is 0.0349. The fraction of sp³-hybridized carbons (Fsp3) is 0.455. The number of nitrogens with two attached hydrogens (primary N) is 1. The number of benzene rings is 1. The van der Waals surface area contributed by atoms with Gasteiger partial charge in [-0.05, 0) is 13.0 Å². The maximum Gasteiger partial charge on any atom is 0.144 e. The highest BCUT2D eigenvalue weighted by molar-refractivity contribution is 5.40. The molecule has 0 saturated carbocycles. The van der Waals surface area contributed by atoms with Gasteiger partial charge in [0.15, 0.2) is 0 Å². The van der Waals surface area contributed by atoms with Crippen molar-refractivity contribution < 1.29 is 9.47 Å². The molecule has 0 radical (unpaired) electrons. The maximum absolute atomic E-state index is 5.84. The van der Waals surface area contributed by atoms with Gasteiger partial charge in [-0.25, -0.2) is 0 Å². The van der Waals surface area contributed by atoms with Crippen LogP contribution in [-0.4, -0.2) is 19.3 Å². The van der Waals surface area contributed by atoms with Gasteiger partial charge >= 0.3 is 0 Å². The molecule has 76 valence electrons. The third-order valence-electron chi connectivity index (χ3n) is 2.56. The molecule has 1 aliphatic rings. The highest BCUT2D eigenvalue weighted by Gasteiger charge is 2.36. The van der Waals surface area contributed by atoms with Gasteiger partial charge in [-0.2, -0.15) is 0 Å². The molecule has 3 atom stereocenters. The summed E-state index contributed by atoms with van der Waals surface area (Å²) in [5, 5.41) is 0. The monoisotopic (exact) mass is 193 g/mol. The van der Waals surface area contributed by atoms with Crippen molar-refractivity contribution in [2.75, 3.05) is 7.11 Å². The Hall–Kier alpha value is -1.06. The molecule has 14 heavy (non-hydrogen) atoms. The van der Waals surface area contributed by atoms with E-state index in [-0.39, 0.29) is 18.2 Å². The fourth-order valence-corrected chi connectivity index (χ4v) is 1.85. The van der Waals surface area contributed by atoms with Gasteiger partial charge < -0.3 is 15.2 Å². The zero-order chi connectivity index (χ0) is 10.1. The maximum atomic E-state index is 5.84. The summed E-state index contributed by atoms with van der Waals surface area (Å²) in [7, 11) is 1.69. The number of methoxy groups -OCH3 is 1. The summed E-state index contributed by atoms with van der Waals surface area (Å²) in [5.74, 6) is 0.890. The summed E-state index contributed by atoms with van der Waals surface area (Å²) in [6.07, 6.45) is -0.108. The molecule has 0 saturated heterocycles. The van der Waals surface area contributed by atoms with Crippen LogP contribution in [0.25, 0.3) is 0 Å². The van der Waals surface area contributed by atoms with Crippen LogP contribution in [0, 0.1) is 0 Å². The molecule has 0 fully saturated rings. The average Bonchev–Trinajstić information content (AvgIpc) is 2.56. The SMILES string of the molecule is COC1c2ccccc2OC1C(C)N. The zero-order valence-electron chi connectivity index (χ0n) is 8.44. The van der Waals surface area contributed by atoms with Crippen LogP contribution < -0.4 is 10.5 Å². The van der Waals surface area contributed by atoms with E-state index < -0.39 is 0 Å². The predicted octanol–water partition coefficient (Wildman–Crippen LogP) is 1.48. The summed E-state index contributed by atoms with van der Waals surface area (Å²) in [6, 6.07) is 7.87. The number of hydrogen-bond acceptors (Lipinski definition) is 3. The highest BCUT2D eigenvalue weighted by Crippen LogP contribution is 2.39. The van der Waals surface area contributed by atoms with E-state index in [9.17, 15) is 0 Å². The van der Waals surface area contributed by atoms with E-state index in [0.29, 0.717) is 0 Å². The van der Waals surface area contributed by atoms with E-state index in [4.69, 9.17) is 15.2 Å². The van der Waals surface area contributed by atoms with E-state index in [2.05, 4.69) is 0 Å². The zero-order valence-corrected chi connectivity index (χ0v) is 8.44. The van der Waals surface area contributed by atoms with E-state index in [1.807, 2.05) is 31.2 Å². The average molecular weight is 193 g/mol. The fourth-order valence-electron chi connectivity index (χ4n) is 1.85. The molecular weight excluding hydrogens is 178 g/mol. The Morgan fingerprint density at radius 1 is 1.43 bits per heavy atom. The largest absolute Gasteiger partial charge is 0.485 e. The van der Waals surface area contributed by atoms with Gasteiger partial charge in [0.1, 0.15) is 18.0 Å². The van der Waals surface area contributed by atoms with Crippen molar-refractivity contribution in [1.29, 1.82) is 0 Å². The van der Waals surface area contributed by atoms with Crippen molar-refractivity contribution in [1.82, 2.24) is 0 Å². The van der Waals surface area contributed by atoms with Crippen molar-refractivity contribution in [2.24, 2.45) is 5.73 Å². The molecule has 0 spiro atoms. The van der Waals surface area contributed by atoms with Crippen molar-refractivity contribution in [3.05, 3.63) is 29.8 Å². The number of hydrogen-bond donors (Lipinski definition) is 1. The lowest BCUT2D eigenvalue weighted by Crippen LogP contribution is -2.38. The van der Waals surface area contributed by atoms with Crippen molar-refractivity contribution in [3.63, 3.8) is 0 Å². The lowest BCUT2D eigenvalue weighted by Gasteiger charge is -2.20. The number of rotatable bonds is 2. The topological polar surface area (TPSA) is 44.5 Å². The van der Waals surface area contributed by atoms with Crippen LogP contribution in [0.4, 0.5) is 0 Å². The van der Waals surface area contributed by atoms with Crippen LogP contribution in [-0.2, 0) is 4.74 Å². The standard InChI is InChI=1S/C11H15NO2/c1-7(12)10-11(13-2)8-5-3-4-6-9(8)14-10/h3-7,10-11H,12H2,1-2H3. The quantitative estimate of drug-likeness (QED) is 0.773. The first kappa shape index (κ1) is 9.49. The van der Waals surface area contributed by atoms with Crippen LogP contribution in [0.15, 0.2) is 24.3 Å². The summed E-state index contributed by atoms with van der Waals surface area (Å²) < 4.78 is 11.1. The molecular formula is C11H15NO2. The Morgan fingerprint density at radius 3 is 2.79 bits per heavy atom. The van der Waals surface area contributed by atoms with Crippen molar-refractivity contribution in [2.45, 2.75) is 25.2 Å². The van der Waals surface area contributed by atoms with Gasteiger partial charge in [-0.15, -0.1) is 0 Å². The van der Waals surface area contributed by atoms with Crippen molar-refractivity contribution in [3.8, 4) is 5.75 Å². The van der Waals surface area contributed by atoms with Crippen LogP contribution in [0.5, 0.6) is 5.75 Å². The summed E-state index contributed by atoms with van der Waals surface area (Å²) >= 11 is 0. The van der Waals surface area contributed by atoms with E-state index in [1.165, 1.54) is 0 Å². The minimum Gasteiger partial charge on any atom is -0.485 e. The second-order valence-corrected chi connectivity index (χ2v) is 3.64. The first-order valence-electron chi connectivity index (χ1n) is 4.78. The third kappa shape index (κ3) is 1.38. The first-order chi connectivity index (χ1) is 6.74. The molecule has 1 heterocycles. The van der Waals surface area contributed by atoms with E-state index in [0.717, 1.165) is 11.3 Å². The number of fused-ring (bicyclic) bond motifs is 1. The van der Waals surface area contributed by atoms with E-state index in [1.54, 1.807) is 7.11 Å². The van der Waals surface area contributed by atoms with Crippen LogP contribution >= 0.6 is 0 Å². The number of para-hydroxylation sites is 1. The van der Waals surface area contributed by atoms with Gasteiger partial charge in [0.25, 0.3) is 0 Å². The van der Waals surface area contributed by atoms with Crippen LogP contribution in [0.3, 0.4) is 0 Å². The van der Waals surface area contributed by atoms with E-state index >= 15 is 0 Å². The Labute approximate surface area is 83.8 Å². The molecule has 0 aliphatic carbocycles. The lowest BCUT2D eigenvalue weighted by atomic mass is 10.0. The molecule has 1 aliphatic heterocycles. The lowest BCUT2D eigenvalue weighted by molar-refractivity contribution is 0.0176. The molecule has 0 bridgehead atoms. The second-order valence-electron chi connectivity index (χ2n) is 3.64. The van der Waals surface area contributed by atoms with Gasteiger partial charge in [-0.1, -0.05) is 18.2 Å². The summed E-state index contributed by atoms with van der Waals surface area (Å²) in [5.41, 5.74) is 6.93. The van der Waals surface area contributed by atoms with Crippen LogP contribution in [0.1, 0.15) is 18.6 Å². The minimum atomic E-state index is -0.0719. The van der Waals surface area contributed by atoms with Gasteiger partial charge in [-0.3, -0.25) is 0 Å². The molecule has 3 unspecified atom stereocenters. The molecule has 2 N–H and O–H groups in total. The normalized spacial score (nSPS) is 26.8. The molecule has 0 aromatic heterocycles. The van der Waals surface area contributed by atoms with Gasteiger partial charge in [0, 0.05) is 18.7 Å². The van der Waals surface area contributed by atoms with Crippen LogP contribution in [0.2, 0.25) is 0 Å². The third-order valence-corrected chi connectivity index (χ3v) is 2.56. The molecule has 2 rings (SSSR count). The Bertz CT molecular complexity index is 325. The smallest absolute Gasteiger partial charge is 0.144 e. The molecule has 3 nitrogen and oxygen atoms in total. The summed E-state index contributed by atoms with van der Waals surface area (Å²) in [6.45, 7) is 1.93. The highest BCUT2D eigenvalue weighted by atomic mass is 16.5. The predicted molar refractivity (Wildman–Crippen MR) is 54.3 cm³/mol. The molecule has 1 aromatic carbocycles. The first-order valence-corrected chi connectivity index (χ1v) is 4.78. The molecule has 0 amide bonds. The second kappa shape index (κ2) is 3.59. The molecule has 1 aromatic rings. The summed E-state index contributed by atoms with van der Waals surface area (Å²) in [4.78, 5) is 0. The van der Waals surface area contributed by atoms with Gasteiger partial charge in [0.05, 0.1) is 0 Å². The molecule has 3 heteroatoms.